The average Bonchev–Trinajstić information content (AvgIpc) is 2.46. The van der Waals surface area contributed by atoms with Crippen molar-refractivity contribution in [2.24, 2.45) is 0 Å². The molecule has 0 amide bonds. The van der Waals surface area contributed by atoms with Gasteiger partial charge in [-0.25, -0.2) is 0 Å². The molecule has 0 unspecified atom stereocenters. The summed E-state index contributed by atoms with van der Waals surface area (Å²) in [6.07, 6.45) is 0.792. The van der Waals surface area contributed by atoms with E-state index in [-0.39, 0.29) is 0 Å². The predicted molar refractivity (Wildman–Crippen MR) is 82.0 cm³/mol. The van der Waals surface area contributed by atoms with E-state index < -0.39 is 0 Å². The van der Waals surface area contributed by atoms with Crippen LogP contribution in [0.1, 0.15) is 24.2 Å². The smallest absolute Gasteiger partial charge is 0.150 e. The minimum Gasteiger partial charge on any atom is -0.380 e. The minimum atomic E-state index is 0.572. The number of benzene rings is 1. The molecule has 0 aliphatic carbocycles. The lowest BCUT2D eigenvalue weighted by molar-refractivity contribution is 0.112. The van der Waals surface area contributed by atoms with Crippen LogP contribution in [0.2, 0.25) is 5.02 Å². The molecular formula is C15H22ClNO3. The van der Waals surface area contributed by atoms with E-state index in [2.05, 4.69) is 4.90 Å². The van der Waals surface area contributed by atoms with E-state index in [0.29, 0.717) is 37.0 Å². The standard InChI is InChI=1S/C15H22ClNO3/c1-3-19-9-7-17(8-10-20-4-2)15-6-5-13(12-18)11-14(15)16/h5-6,11-12H,3-4,7-10H2,1-2H3. The summed E-state index contributed by atoms with van der Waals surface area (Å²) in [5.41, 5.74) is 1.48. The summed E-state index contributed by atoms with van der Waals surface area (Å²) in [5, 5.41) is 0.572. The number of rotatable bonds is 10. The van der Waals surface area contributed by atoms with Crippen LogP contribution in [0.25, 0.3) is 0 Å². The number of carbonyl (C=O) groups excluding carboxylic acids is 1. The maximum Gasteiger partial charge on any atom is 0.150 e. The van der Waals surface area contributed by atoms with Crippen molar-refractivity contribution in [3.63, 3.8) is 0 Å². The summed E-state index contributed by atoms with van der Waals surface area (Å²) < 4.78 is 10.8. The van der Waals surface area contributed by atoms with Gasteiger partial charge in [-0.05, 0) is 32.0 Å². The van der Waals surface area contributed by atoms with Gasteiger partial charge in [0.05, 0.1) is 23.9 Å². The SMILES string of the molecule is CCOCCN(CCOCC)c1ccc(C=O)cc1Cl. The maximum atomic E-state index is 10.7. The van der Waals surface area contributed by atoms with E-state index in [1.807, 2.05) is 19.9 Å². The van der Waals surface area contributed by atoms with Crippen molar-refractivity contribution in [3.8, 4) is 0 Å². The summed E-state index contributed by atoms with van der Waals surface area (Å²) in [5.74, 6) is 0. The first-order chi connectivity index (χ1) is 9.72. The van der Waals surface area contributed by atoms with Crippen molar-refractivity contribution in [2.45, 2.75) is 13.8 Å². The van der Waals surface area contributed by atoms with Crippen molar-refractivity contribution >= 4 is 23.6 Å². The molecule has 0 aromatic heterocycles. The fraction of sp³-hybridized carbons (Fsp3) is 0.533. The molecule has 0 bridgehead atoms. The largest absolute Gasteiger partial charge is 0.380 e. The molecule has 5 heteroatoms. The van der Waals surface area contributed by atoms with Crippen LogP contribution in [0, 0.1) is 0 Å². The molecule has 1 aromatic carbocycles. The molecule has 0 saturated carbocycles. The van der Waals surface area contributed by atoms with E-state index in [1.54, 1.807) is 12.1 Å². The van der Waals surface area contributed by atoms with E-state index in [9.17, 15) is 4.79 Å². The Balaban J connectivity index is 2.76. The highest BCUT2D eigenvalue weighted by Crippen LogP contribution is 2.26. The molecule has 4 nitrogen and oxygen atoms in total. The lowest BCUT2D eigenvalue weighted by atomic mass is 10.2. The Labute approximate surface area is 125 Å². The summed E-state index contributed by atoms with van der Waals surface area (Å²) in [6.45, 7) is 8.06. The molecule has 1 aromatic rings. The molecule has 0 spiro atoms. The van der Waals surface area contributed by atoms with Crippen molar-refractivity contribution < 1.29 is 14.3 Å². The molecule has 0 N–H and O–H groups in total. The van der Waals surface area contributed by atoms with Gasteiger partial charge < -0.3 is 14.4 Å². The second kappa shape index (κ2) is 9.75. The number of carbonyl (C=O) groups is 1. The van der Waals surface area contributed by atoms with Gasteiger partial charge >= 0.3 is 0 Å². The molecule has 0 aliphatic rings. The Morgan fingerprint density at radius 3 is 2.20 bits per heavy atom. The van der Waals surface area contributed by atoms with Gasteiger partial charge in [0.1, 0.15) is 6.29 Å². The second-order valence-corrected chi connectivity index (χ2v) is 4.62. The number of halogens is 1. The molecule has 0 aliphatic heterocycles. The number of ether oxygens (including phenoxy) is 2. The quantitative estimate of drug-likeness (QED) is 0.492. The van der Waals surface area contributed by atoms with Crippen LogP contribution in [0.4, 0.5) is 5.69 Å². The Morgan fingerprint density at radius 2 is 1.75 bits per heavy atom. The molecule has 0 radical (unpaired) electrons. The number of aldehydes is 1. The molecule has 0 fully saturated rings. The third-order valence-corrected chi connectivity index (χ3v) is 3.17. The van der Waals surface area contributed by atoms with Crippen LogP contribution in [0.5, 0.6) is 0 Å². The van der Waals surface area contributed by atoms with Crippen molar-refractivity contribution in [3.05, 3.63) is 28.8 Å². The van der Waals surface area contributed by atoms with Crippen LogP contribution in [0.3, 0.4) is 0 Å². The molecule has 0 atom stereocenters. The van der Waals surface area contributed by atoms with E-state index in [1.165, 1.54) is 0 Å². The summed E-state index contributed by atoms with van der Waals surface area (Å²) in [7, 11) is 0. The third kappa shape index (κ3) is 5.49. The van der Waals surface area contributed by atoms with Gasteiger partial charge in [0.25, 0.3) is 0 Å². The topological polar surface area (TPSA) is 38.8 Å². The van der Waals surface area contributed by atoms with Crippen LogP contribution in [0.15, 0.2) is 18.2 Å². The van der Waals surface area contributed by atoms with Crippen LogP contribution >= 0.6 is 11.6 Å². The zero-order valence-electron chi connectivity index (χ0n) is 12.1. The highest BCUT2D eigenvalue weighted by molar-refractivity contribution is 6.33. The van der Waals surface area contributed by atoms with E-state index in [4.69, 9.17) is 21.1 Å². The van der Waals surface area contributed by atoms with Gasteiger partial charge in [-0.1, -0.05) is 11.6 Å². The lowest BCUT2D eigenvalue weighted by Crippen LogP contribution is -2.31. The molecule has 0 heterocycles. The van der Waals surface area contributed by atoms with Crippen LogP contribution in [-0.4, -0.2) is 45.8 Å². The number of hydrogen-bond acceptors (Lipinski definition) is 4. The fourth-order valence-corrected chi connectivity index (χ4v) is 2.15. The van der Waals surface area contributed by atoms with Gasteiger partial charge in [0.15, 0.2) is 0 Å². The Kier molecular flexibility index (Phi) is 8.26. The first-order valence-corrected chi connectivity index (χ1v) is 7.25. The lowest BCUT2D eigenvalue weighted by Gasteiger charge is -2.25. The first-order valence-electron chi connectivity index (χ1n) is 6.88. The normalized spacial score (nSPS) is 10.6. The number of anilines is 1. The molecule has 1 rings (SSSR count). The summed E-state index contributed by atoms with van der Waals surface area (Å²) in [6, 6.07) is 5.31. The minimum absolute atomic E-state index is 0.572. The van der Waals surface area contributed by atoms with Gasteiger partial charge in [0, 0.05) is 31.9 Å². The molecule has 112 valence electrons. The predicted octanol–water partition coefficient (Wildman–Crippen LogP) is 3.03. The van der Waals surface area contributed by atoms with Crippen molar-refractivity contribution in [1.82, 2.24) is 0 Å². The van der Waals surface area contributed by atoms with Gasteiger partial charge in [0.2, 0.25) is 0 Å². The monoisotopic (exact) mass is 299 g/mol. The zero-order valence-corrected chi connectivity index (χ0v) is 12.9. The summed E-state index contributed by atoms with van der Waals surface area (Å²) >= 11 is 6.25. The maximum absolute atomic E-state index is 10.7. The van der Waals surface area contributed by atoms with Crippen LogP contribution < -0.4 is 4.90 Å². The Hall–Kier alpha value is -1.10. The Bertz CT molecular complexity index is 402. The third-order valence-electron chi connectivity index (χ3n) is 2.87. The van der Waals surface area contributed by atoms with Crippen molar-refractivity contribution in [2.75, 3.05) is 44.4 Å². The highest BCUT2D eigenvalue weighted by Gasteiger charge is 2.11. The molecule has 20 heavy (non-hydrogen) atoms. The summed E-state index contributed by atoms with van der Waals surface area (Å²) in [4.78, 5) is 12.9. The van der Waals surface area contributed by atoms with Crippen molar-refractivity contribution in [1.29, 1.82) is 0 Å². The van der Waals surface area contributed by atoms with Crippen LogP contribution in [-0.2, 0) is 9.47 Å². The molecule has 0 saturated heterocycles. The average molecular weight is 300 g/mol. The van der Waals surface area contributed by atoms with Gasteiger partial charge in [-0.2, -0.15) is 0 Å². The van der Waals surface area contributed by atoms with Gasteiger partial charge in [-0.15, -0.1) is 0 Å². The molecular weight excluding hydrogens is 278 g/mol. The van der Waals surface area contributed by atoms with E-state index in [0.717, 1.165) is 25.1 Å². The zero-order chi connectivity index (χ0) is 14.8. The second-order valence-electron chi connectivity index (χ2n) is 4.21. The van der Waals surface area contributed by atoms with E-state index >= 15 is 0 Å². The highest BCUT2D eigenvalue weighted by atomic mass is 35.5. The van der Waals surface area contributed by atoms with Gasteiger partial charge in [-0.3, -0.25) is 4.79 Å². The number of hydrogen-bond donors (Lipinski definition) is 0. The Morgan fingerprint density at radius 1 is 1.15 bits per heavy atom. The number of nitrogens with zero attached hydrogens (tertiary/aromatic N) is 1. The fourth-order valence-electron chi connectivity index (χ4n) is 1.84. The first kappa shape index (κ1) is 17.0.